The van der Waals surface area contributed by atoms with Gasteiger partial charge in [0, 0.05) is 31.9 Å². The zero-order chi connectivity index (χ0) is 17.1. The summed E-state index contributed by atoms with van der Waals surface area (Å²) in [6.07, 6.45) is 1.59. The number of amides is 1. The van der Waals surface area contributed by atoms with Crippen LogP contribution in [0.5, 0.6) is 5.75 Å². The second-order valence-electron chi connectivity index (χ2n) is 5.40. The molecule has 0 saturated heterocycles. The van der Waals surface area contributed by atoms with Crippen LogP contribution in [0.1, 0.15) is 16.3 Å². The molecule has 2 heterocycles. The molecule has 0 aliphatic rings. The zero-order valence-electron chi connectivity index (χ0n) is 13.2. The molecule has 3 aromatic rings. The highest BCUT2D eigenvalue weighted by atomic mass is 19.1. The average molecular weight is 329 g/mol. The number of carbonyl (C=O) groups excluding carboxylic acids is 1. The van der Waals surface area contributed by atoms with Gasteiger partial charge in [-0.1, -0.05) is 0 Å². The lowest BCUT2D eigenvalue weighted by atomic mass is 10.1. The topological polar surface area (TPSA) is 71.4 Å². The van der Waals surface area contributed by atoms with Gasteiger partial charge in [-0.15, -0.1) is 0 Å². The van der Waals surface area contributed by atoms with Crippen molar-refractivity contribution in [2.45, 2.75) is 6.61 Å². The minimum absolute atomic E-state index is 0.0899. The van der Waals surface area contributed by atoms with E-state index in [-0.39, 0.29) is 18.3 Å². The Kier molecular flexibility index (Phi) is 4.33. The lowest BCUT2D eigenvalue weighted by molar-refractivity contribution is 0.0792. The molecule has 0 bridgehead atoms. The number of furan rings is 1. The number of rotatable bonds is 5. The Morgan fingerprint density at radius 2 is 2.12 bits per heavy atom. The molecule has 3 rings (SSSR count). The minimum atomic E-state index is -0.417. The Morgan fingerprint density at radius 3 is 2.83 bits per heavy atom. The molecule has 1 aromatic carbocycles. The van der Waals surface area contributed by atoms with E-state index in [2.05, 4.69) is 10.2 Å². The van der Waals surface area contributed by atoms with E-state index in [4.69, 9.17) is 9.15 Å². The summed E-state index contributed by atoms with van der Waals surface area (Å²) >= 11 is 0. The quantitative estimate of drug-likeness (QED) is 0.781. The number of ether oxygens (including phenoxy) is 1. The highest BCUT2D eigenvalue weighted by molar-refractivity contribution is 5.91. The van der Waals surface area contributed by atoms with Crippen molar-refractivity contribution in [3.63, 3.8) is 0 Å². The van der Waals surface area contributed by atoms with Crippen LogP contribution >= 0.6 is 0 Å². The number of hydrogen-bond donors (Lipinski definition) is 1. The first-order valence-electron chi connectivity index (χ1n) is 7.26. The Labute approximate surface area is 137 Å². The standard InChI is InChI=1S/C17H16FN3O3/c1-21(2)17(22)16-4-3-13(24-16)10-23-14-8-11(7-12(18)9-14)15-5-6-19-20-15/h3-9H,10H2,1-2H3,(H,19,20). The van der Waals surface area contributed by atoms with Crippen LogP contribution in [0.4, 0.5) is 4.39 Å². The van der Waals surface area contributed by atoms with Gasteiger partial charge in [-0.05, 0) is 30.3 Å². The van der Waals surface area contributed by atoms with Crippen LogP contribution in [-0.2, 0) is 6.61 Å². The van der Waals surface area contributed by atoms with E-state index in [0.29, 0.717) is 22.8 Å². The van der Waals surface area contributed by atoms with E-state index in [1.165, 1.54) is 17.0 Å². The molecule has 1 N–H and O–H groups in total. The summed E-state index contributed by atoms with van der Waals surface area (Å²) in [7, 11) is 3.29. The molecule has 6 nitrogen and oxygen atoms in total. The van der Waals surface area contributed by atoms with Gasteiger partial charge < -0.3 is 14.1 Å². The summed E-state index contributed by atoms with van der Waals surface area (Å²) in [4.78, 5) is 13.2. The molecule has 0 unspecified atom stereocenters. The highest BCUT2D eigenvalue weighted by Gasteiger charge is 2.13. The third-order valence-corrected chi connectivity index (χ3v) is 3.34. The van der Waals surface area contributed by atoms with Gasteiger partial charge in [0.05, 0.1) is 5.69 Å². The van der Waals surface area contributed by atoms with Crippen molar-refractivity contribution in [2.24, 2.45) is 0 Å². The summed E-state index contributed by atoms with van der Waals surface area (Å²) in [6.45, 7) is 0.0899. The highest BCUT2D eigenvalue weighted by Crippen LogP contribution is 2.25. The predicted molar refractivity (Wildman–Crippen MR) is 85.0 cm³/mol. The SMILES string of the molecule is CN(C)C(=O)c1ccc(COc2cc(F)cc(-c3ccn[nH]3)c2)o1. The summed E-state index contributed by atoms with van der Waals surface area (Å²) in [5, 5.41) is 6.62. The number of nitrogens with one attached hydrogen (secondary N) is 1. The fourth-order valence-electron chi connectivity index (χ4n) is 2.16. The molecular weight excluding hydrogens is 313 g/mol. The van der Waals surface area contributed by atoms with Gasteiger partial charge >= 0.3 is 0 Å². The van der Waals surface area contributed by atoms with E-state index in [9.17, 15) is 9.18 Å². The number of aromatic nitrogens is 2. The molecule has 7 heteroatoms. The maximum atomic E-state index is 13.8. The fourth-order valence-corrected chi connectivity index (χ4v) is 2.16. The van der Waals surface area contributed by atoms with Crippen molar-refractivity contribution in [2.75, 3.05) is 14.1 Å². The second-order valence-corrected chi connectivity index (χ2v) is 5.40. The first-order chi connectivity index (χ1) is 11.5. The molecule has 0 atom stereocenters. The summed E-state index contributed by atoms with van der Waals surface area (Å²) in [5.41, 5.74) is 1.32. The van der Waals surface area contributed by atoms with Crippen molar-refractivity contribution in [3.05, 3.63) is 59.9 Å². The van der Waals surface area contributed by atoms with E-state index >= 15 is 0 Å². The molecule has 0 saturated carbocycles. The number of nitrogens with zero attached hydrogens (tertiary/aromatic N) is 2. The fraction of sp³-hybridized carbons (Fsp3) is 0.176. The largest absolute Gasteiger partial charge is 0.486 e. The molecule has 0 spiro atoms. The maximum absolute atomic E-state index is 13.8. The lowest BCUT2D eigenvalue weighted by Crippen LogP contribution is -2.20. The zero-order valence-corrected chi connectivity index (χ0v) is 13.2. The number of carbonyl (C=O) groups is 1. The van der Waals surface area contributed by atoms with E-state index in [0.717, 1.165) is 0 Å². The van der Waals surface area contributed by atoms with E-state index in [1.807, 2.05) is 0 Å². The van der Waals surface area contributed by atoms with Crippen LogP contribution in [0, 0.1) is 5.82 Å². The summed E-state index contributed by atoms with van der Waals surface area (Å²) in [5.74, 6) is 0.425. The molecule has 24 heavy (non-hydrogen) atoms. The average Bonchev–Trinajstić information content (AvgIpc) is 3.23. The van der Waals surface area contributed by atoms with Gasteiger partial charge in [-0.2, -0.15) is 5.10 Å². The van der Waals surface area contributed by atoms with Crippen molar-refractivity contribution in [1.82, 2.24) is 15.1 Å². The molecule has 124 valence electrons. The Bertz CT molecular complexity index is 841. The number of halogens is 1. The van der Waals surface area contributed by atoms with Crippen molar-refractivity contribution < 1.29 is 18.3 Å². The third-order valence-electron chi connectivity index (χ3n) is 3.34. The first kappa shape index (κ1) is 15.8. The molecule has 1 amide bonds. The van der Waals surface area contributed by atoms with Gasteiger partial charge in [0.15, 0.2) is 5.76 Å². The number of H-pyrrole nitrogens is 1. The first-order valence-corrected chi connectivity index (χ1v) is 7.26. The van der Waals surface area contributed by atoms with Crippen LogP contribution in [0.2, 0.25) is 0 Å². The predicted octanol–water partition coefficient (Wildman–Crippen LogP) is 3.09. The second kappa shape index (κ2) is 6.57. The normalized spacial score (nSPS) is 10.6. The smallest absolute Gasteiger partial charge is 0.289 e. The lowest BCUT2D eigenvalue weighted by Gasteiger charge is -2.08. The van der Waals surface area contributed by atoms with Crippen LogP contribution in [-0.4, -0.2) is 35.1 Å². The van der Waals surface area contributed by atoms with Gasteiger partial charge in [0.25, 0.3) is 5.91 Å². The minimum Gasteiger partial charge on any atom is -0.486 e. The Hall–Kier alpha value is -3.09. The van der Waals surface area contributed by atoms with Crippen LogP contribution in [0.3, 0.4) is 0 Å². The number of benzene rings is 1. The van der Waals surface area contributed by atoms with Crippen LogP contribution in [0.15, 0.2) is 47.0 Å². The van der Waals surface area contributed by atoms with Gasteiger partial charge in [-0.25, -0.2) is 4.39 Å². The van der Waals surface area contributed by atoms with Gasteiger partial charge in [0.1, 0.15) is 23.9 Å². The monoisotopic (exact) mass is 329 g/mol. The van der Waals surface area contributed by atoms with Crippen molar-refractivity contribution in [1.29, 1.82) is 0 Å². The van der Waals surface area contributed by atoms with Crippen molar-refractivity contribution in [3.8, 4) is 17.0 Å². The van der Waals surface area contributed by atoms with Crippen molar-refractivity contribution >= 4 is 5.91 Å². The summed E-state index contributed by atoms with van der Waals surface area (Å²) < 4.78 is 24.8. The molecule has 0 aliphatic heterocycles. The molecule has 0 radical (unpaired) electrons. The van der Waals surface area contributed by atoms with E-state index in [1.54, 1.807) is 44.6 Å². The summed E-state index contributed by atoms with van der Waals surface area (Å²) in [6, 6.07) is 9.36. The molecule has 0 aliphatic carbocycles. The maximum Gasteiger partial charge on any atom is 0.289 e. The van der Waals surface area contributed by atoms with Gasteiger partial charge in [-0.3, -0.25) is 9.89 Å². The Balaban J connectivity index is 1.72. The molecule has 0 fully saturated rings. The van der Waals surface area contributed by atoms with Gasteiger partial charge in [0.2, 0.25) is 0 Å². The van der Waals surface area contributed by atoms with Crippen LogP contribution in [0.25, 0.3) is 11.3 Å². The molecule has 2 aromatic heterocycles. The Morgan fingerprint density at radius 1 is 1.29 bits per heavy atom. The molecular formula is C17H16FN3O3. The third kappa shape index (κ3) is 3.45. The van der Waals surface area contributed by atoms with Crippen LogP contribution < -0.4 is 4.74 Å². The van der Waals surface area contributed by atoms with E-state index < -0.39 is 5.82 Å². The number of aromatic amines is 1. The number of hydrogen-bond acceptors (Lipinski definition) is 4.